The molecule has 0 aromatic carbocycles. The molecule has 25 heavy (non-hydrogen) atoms. The minimum absolute atomic E-state index is 0.223. The fraction of sp³-hybridized carbons (Fsp3) is 0.529. The van der Waals surface area contributed by atoms with Gasteiger partial charge in [-0.1, -0.05) is 6.07 Å². The maximum absolute atomic E-state index is 12.8. The molecule has 0 bridgehead atoms. The lowest BCUT2D eigenvalue weighted by Gasteiger charge is -2.29. The molecular formula is C17H21N5O3. The number of amides is 3. The van der Waals surface area contributed by atoms with Gasteiger partial charge in [-0.3, -0.25) is 19.7 Å². The molecule has 0 spiro atoms. The normalized spacial score (nSPS) is 24.2. The third kappa shape index (κ3) is 2.97. The van der Waals surface area contributed by atoms with Crippen LogP contribution in [0.15, 0.2) is 12.1 Å². The van der Waals surface area contributed by atoms with Crippen molar-refractivity contribution >= 4 is 23.5 Å². The molecule has 8 heteroatoms. The zero-order chi connectivity index (χ0) is 17.4. The molecule has 3 aliphatic heterocycles. The second kappa shape index (κ2) is 6.44. The van der Waals surface area contributed by atoms with Gasteiger partial charge in [0.25, 0.3) is 5.91 Å². The number of nitrogens with one attached hydrogen (secondary N) is 2. The monoisotopic (exact) mass is 343 g/mol. The second-order valence-corrected chi connectivity index (χ2v) is 6.67. The lowest BCUT2D eigenvalue weighted by atomic mass is 10.0. The number of rotatable bonds is 2. The molecule has 0 saturated carbocycles. The molecule has 1 atom stereocenters. The zero-order valence-corrected chi connectivity index (χ0v) is 14.0. The Kier molecular flexibility index (Phi) is 4.12. The zero-order valence-electron chi connectivity index (χ0n) is 14.0. The van der Waals surface area contributed by atoms with Gasteiger partial charge in [-0.25, -0.2) is 4.98 Å². The van der Waals surface area contributed by atoms with Crippen LogP contribution in [0.2, 0.25) is 0 Å². The first kappa shape index (κ1) is 16.0. The highest BCUT2D eigenvalue weighted by Crippen LogP contribution is 2.28. The van der Waals surface area contributed by atoms with Crippen LogP contribution in [-0.4, -0.2) is 59.8 Å². The van der Waals surface area contributed by atoms with E-state index < -0.39 is 11.9 Å². The van der Waals surface area contributed by atoms with E-state index in [0.717, 1.165) is 44.0 Å². The molecule has 3 amide bonds. The topological polar surface area (TPSA) is 94.6 Å². The van der Waals surface area contributed by atoms with Crippen LogP contribution in [0, 0.1) is 0 Å². The van der Waals surface area contributed by atoms with Gasteiger partial charge in [0.15, 0.2) is 0 Å². The van der Waals surface area contributed by atoms with Gasteiger partial charge in [-0.15, -0.1) is 0 Å². The third-order valence-corrected chi connectivity index (χ3v) is 5.02. The number of imide groups is 1. The van der Waals surface area contributed by atoms with E-state index in [4.69, 9.17) is 0 Å². The second-order valence-electron chi connectivity index (χ2n) is 6.67. The minimum Gasteiger partial charge on any atom is -0.355 e. The van der Waals surface area contributed by atoms with E-state index >= 15 is 0 Å². The van der Waals surface area contributed by atoms with Crippen molar-refractivity contribution in [2.75, 3.05) is 31.1 Å². The molecule has 3 aliphatic rings. The highest BCUT2D eigenvalue weighted by atomic mass is 16.2. The molecule has 1 aromatic rings. The number of pyridine rings is 1. The summed E-state index contributed by atoms with van der Waals surface area (Å²) < 4.78 is 0. The summed E-state index contributed by atoms with van der Waals surface area (Å²) in [6.45, 7) is 4.02. The van der Waals surface area contributed by atoms with Crippen LogP contribution in [0.25, 0.3) is 0 Å². The van der Waals surface area contributed by atoms with Crippen molar-refractivity contribution in [3.63, 3.8) is 0 Å². The summed E-state index contributed by atoms with van der Waals surface area (Å²) in [5.74, 6) is -0.0861. The van der Waals surface area contributed by atoms with Gasteiger partial charge >= 0.3 is 0 Å². The first-order chi connectivity index (χ1) is 12.1. The van der Waals surface area contributed by atoms with Gasteiger partial charge < -0.3 is 15.1 Å². The van der Waals surface area contributed by atoms with E-state index in [-0.39, 0.29) is 18.2 Å². The van der Waals surface area contributed by atoms with Gasteiger partial charge in [0, 0.05) is 38.2 Å². The number of hydrogen-bond acceptors (Lipinski definition) is 6. The quantitative estimate of drug-likeness (QED) is 0.713. The molecule has 132 valence electrons. The molecule has 1 aromatic heterocycles. The van der Waals surface area contributed by atoms with Crippen molar-refractivity contribution < 1.29 is 14.4 Å². The molecule has 4 rings (SSSR count). The van der Waals surface area contributed by atoms with Gasteiger partial charge in [-0.05, 0) is 25.5 Å². The highest BCUT2D eigenvalue weighted by molar-refractivity contribution is 6.04. The first-order valence-electron chi connectivity index (χ1n) is 8.74. The maximum Gasteiger partial charge on any atom is 0.273 e. The molecule has 2 fully saturated rings. The lowest BCUT2D eigenvalue weighted by molar-refractivity contribution is -0.136. The van der Waals surface area contributed by atoms with E-state index in [9.17, 15) is 14.4 Å². The van der Waals surface area contributed by atoms with Gasteiger partial charge in [0.2, 0.25) is 11.8 Å². The molecule has 2 N–H and O–H groups in total. The van der Waals surface area contributed by atoms with Crippen LogP contribution in [0.5, 0.6) is 0 Å². The summed E-state index contributed by atoms with van der Waals surface area (Å²) in [4.78, 5) is 44.5. The molecule has 2 saturated heterocycles. The van der Waals surface area contributed by atoms with Crippen LogP contribution >= 0.6 is 0 Å². The molecule has 1 unspecified atom stereocenters. The Balaban J connectivity index is 1.55. The molecule has 8 nitrogen and oxygen atoms in total. The summed E-state index contributed by atoms with van der Waals surface area (Å²) in [6, 6.07) is 3.29. The van der Waals surface area contributed by atoms with Gasteiger partial charge in [-0.2, -0.15) is 0 Å². The Morgan fingerprint density at radius 2 is 2.00 bits per heavy atom. The lowest BCUT2D eigenvalue weighted by Crippen LogP contribution is -2.52. The maximum atomic E-state index is 12.8. The van der Waals surface area contributed by atoms with Crippen LogP contribution < -0.4 is 15.5 Å². The van der Waals surface area contributed by atoms with Crippen molar-refractivity contribution in [2.45, 2.75) is 31.8 Å². The fourth-order valence-corrected chi connectivity index (χ4v) is 3.66. The molecule has 0 aliphatic carbocycles. The van der Waals surface area contributed by atoms with Crippen molar-refractivity contribution in [3.8, 4) is 0 Å². The van der Waals surface area contributed by atoms with Crippen molar-refractivity contribution in [1.29, 1.82) is 0 Å². The number of piperidine rings is 1. The Hall–Kier alpha value is -2.48. The SMILES string of the molecule is O=C1CCC(N2Cc3ccc(N4CCCNCC4)nc3C2=O)C(=O)N1. The van der Waals surface area contributed by atoms with Crippen molar-refractivity contribution in [2.24, 2.45) is 0 Å². The Morgan fingerprint density at radius 1 is 1.12 bits per heavy atom. The molecule has 0 radical (unpaired) electrons. The van der Waals surface area contributed by atoms with Crippen LogP contribution in [0.3, 0.4) is 0 Å². The third-order valence-electron chi connectivity index (χ3n) is 5.02. The first-order valence-corrected chi connectivity index (χ1v) is 8.74. The summed E-state index contributed by atoms with van der Waals surface area (Å²) in [6.07, 6.45) is 1.67. The average Bonchev–Trinajstić information content (AvgIpc) is 2.79. The summed E-state index contributed by atoms with van der Waals surface area (Å²) in [7, 11) is 0. The van der Waals surface area contributed by atoms with Gasteiger partial charge in [0.1, 0.15) is 17.6 Å². The number of aromatic nitrogens is 1. The number of hydrogen-bond donors (Lipinski definition) is 2. The number of nitrogens with zero attached hydrogens (tertiary/aromatic N) is 3. The Bertz CT molecular complexity index is 727. The predicted octanol–water partition coefficient (Wildman–Crippen LogP) is -0.358. The Labute approximate surface area is 145 Å². The van der Waals surface area contributed by atoms with Crippen LogP contribution in [-0.2, 0) is 16.1 Å². The largest absolute Gasteiger partial charge is 0.355 e. The Morgan fingerprint density at radius 3 is 2.84 bits per heavy atom. The molecule has 4 heterocycles. The van der Waals surface area contributed by atoms with Crippen LogP contribution in [0.1, 0.15) is 35.3 Å². The van der Waals surface area contributed by atoms with E-state index in [2.05, 4.69) is 20.5 Å². The summed E-state index contributed by atoms with van der Waals surface area (Å²) in [5.41, 5.74) is 1.27. The van der Waals surface area contributed by atoms with Crippen LogP contribution in [0.4, 0.5) is 5.82 Å². The fourth-order valence-electron chi connectivity index (χ4n) is 3.66. The molecular weight excluding hydrogens is 322 g/mol. The van der Waals surface area contributed by atoms with Crippen molar-refractivity contribution in [1.82, 2.24) is 20.5 Å². The number of carbonyl (C=O) groups excluding carboxylic acids is 3. The van der Waals surface area contributed by atoms with Crippen molar-refractivity contribution in [3.05, 3.63) is 23.4 Å². The number of carbonyl (C=O) groups is 3. The predicted molar refractivity (Wildman–Crippen MR) is 90.0 cm³/mol. The minimum atomic E-state index is -0.592. The summed E-state index contributed by atoms with van der Waals surface area (Å²) in [5, 5.41) is 5.67. The average molecular weight is 343 g/mol. The van der Waals surface area contributed by atoms with E-state index in [0.29, 0.717) is 18.7 Å². The highest BCUT2D eigenvalue weighted by Gasteiger charge is 2.40. The number of fused-ring (bicyclic) bond motifs is 1. The summed E-state index contributed by atoms with van der Waals surface area (Å²) >= 11 is 0. The van der Waals surface area contributed by atoms with E-state index in [1.54, 1.807) is 0 Å². The van der Waals surface area contributed by atoms with E-state index in [1.165, 1.54) is 4.90 Å². The van der Waals surface area contributed by atoms with E-state index in [1.807, 2.05) is 12.1 Å². The standard InChI is InChI=1S/C17H21N5O3/c23-14-5-3-12(16(24)20-14)22-10-11-2-4-13(19-15(11)17(22)25)21-8-1-6-18-7-9-21/h2,4,12,18H,1,3,5-10H2,(H,20,23,24). The van der Waals surface area contributed by atoms with Gasteiger partial charge in [0.05, 0.1) is 0 Å². The number of anilines is 1. The smallest absolute Gasteiger partial charge is 0.273 e.